The van der Waals surface area contributed by atoms with Gasteiger partial charge in [0, 0.05) is 12.3 Å². The van der Waals surface area contributed by atoms with Gasteiger partial charge in [0.15, 0.2) is 0 Å². The van der Waals surface area contributed by atoms with E-state index < -0.39 is 0 Å². The van der Waals surface area contributed by atoms with E-state index in [9.17, 15) is 0 Å². The number of hydrogen-bond donors (Lipinski definition) is 0. The summed E-state index contributed by atoms with van der Waals surface area (Å²) < 4.78 is 7.38. The van der Waals surface area contributed by atoms with Crippen molar-refractivity contribution in [2.24, 2.45) is 0 Å². The van der Waals surface area contributed by atoms with Crippen molar-refractivity contribution in [1.82, 2.24) is 9.38 Å². The first-order valence-electron chi connectivity index (χ1n) is 5.21. The number of rotatable bonds is 1. The molecule has 3 nitrogen and oxygen atoms in total. The Kier molecular flexibility index (Phi) is 1.86. The monoisotopic (exact) mass is 212 g/mol. The highest BCUT2D eigenvalue weighted by Crippen LogP contribution is 2.22. The first-order chi connectivity index (χ1) is 7.79. The molecule has 0 unspecified atom stereocenters. The summed E-state index contributed by atoms with van der Waals surface area (Å²) in [5, 5.41) is 0. The van der Waals surface area contributed by atoms with E-state index in [0.717, 1.165) is 28.0 Å². The molecule has 80 valence electrons. The van der Waals surface area contributed by atoms with E-state index in [1.54, 1.807) is 7.11 Å². The smallest absolute Gasteiger partial charge is 0.121 e. The van der Waals surface area contributed by atoms with E-state index in [0.29, 0.717) is 0 Å². The Bertz CT molecular complexity index is 670. The molecule has 0 aliphatic carbocycles. The summed E-state index contributed by atoms with van der Waals surface area (Å²) in [6.07, 6.45) is 2.05. The second-order valence-corrected chi connectivity index (χ2v) is 3.82. The number of fused-ring (bicyclic) bond motifs is 3. The fourth-order valence-corrected chi connectivity index (χ4v) is 2.04. The number of benzene rings is 1. The lowest BCUT2D eigenvalue weighted by Gasteiger charge is -2.07. The molecule has 0 saturated carbocycles. The Morgan fingerprint density at radius 3 is 2.88 bits per heavy atom. The van der Waals surface area contributed by atoms with Crippen LogP contribution in [0.1, 0.15) is 5.69 Å². The van der Waals surface area contributed by atoms with Crippen molar-refractivity contribution in [2.45, 2.75) is 6.92 Å². The molecular weight excluding hydrogens is 200 g/mol. The van der Waals surface area contributed by atoms with E-state index in [1.165, 1.54) is 0 Å². The molecule has 3 aromatic rings. The van der Waals surface area contributed by atoms with Gasteiger partial charge in [0.1, 0.15) is 5.75 Å². The molecule has 2 aromatic heterocycles. The maximum Gasteiger partial charge on any atom is 0.121 e. The van der Waals surface area contributed by atoms with E-state index in [4.69, 9.17) is 4.74 Å². The minimum absolute atomic E-state index is 0.855. The average Bonchev–Trinajstić information content (AvgIpc) is 2.78. The molecule has 0 aliphatic heterocycles. The van der Waals surface area contributed by atoms with Crippen LogP contribution in [0.4, 0.5) is 0 Å². The molecule has 0 atom stereocenters. The van der Waals surface area contributed by atoms with Crippen molar-refractivity contribution in [2.75, 3.05) is 7.11 Å². The Morgan fingerprint density at radius 2 is 2.06 bits per heavy atom. The van der Waals surface area contributed by atoms with Crippen LogP contribution in [-0.4, -0.2) is 16.5 Å². The predicted molar refractivity (Wildman–Crippen MR) is 64.0 cm³/mol. The molecule has 1 aromatic carbocycles. The van der Waals surface area contributed by atoms with E-state index in [2.05, 4.69) is 15.5 Å². The summed E-state index contributed by atoms with van der Waals surface area (Å²) in [6, 6.07) is 10.0. The third kappa shape index (κ3) is 1.18. The van der Waals surface area contributed by atoms with Crippen molar-refractivity contribution in [3.63, 3.8) is 0 Å². The zero-order valence-electron chi connectivity index (χ0n) is 9.27. The van der Waals surface area contributed by atoms with Gasteiger partial charge in [-0.3, -0.25) is 0 Å². The highest BCUT2D eigenvalue weighted by molar-refractivity contribution is 5.81. The molecule has 0 saturated heterocycles. The lowest BCUT2D eigenvalue weighted by molar-refractivity contribution is 0.415. The quantitative estimate of drug-likeness (QED) is 0.620. The fourth-order valence-electron chi connectivity index (χ4n) is 2.04. The van der Waals surface area contributed by atoms with Crippen molar-refractivity contribution < 1.29 is 4.74 Å². The molecule has 0 amide bonds. The van der Waals surface area contributed by atoms with Gasteiger partial charge in [-0.1, -0.05) is 0 Å². The Labute approximate surface area is 93.3 Å². The van der Waals surface area contributed by atoms with Gasteiger partial charge in [-0.05, 0) is 31.2 Å². The largest absolute Gasteiger partial charge is 0.497 e. The Morgan fingerprint density at radius 1 is 1.19 bits per heavy atom. The van der Waals surface area contributed by atoms with Crippen molar-refractivity contribution in [3.05, 3.63) is 42.2 Å². The predicted octanol–water partition coefficient (Wildman–Crippen LogP) is 2.80. The van der Waals surface area contributed by atoms with Gasteiger partial charge >= 0.3 is 0 Å². The van der Waals surface area contributed by atoms with Crippen LogP contribution >= 0.6 is 0 Å². The second kappa shape index (κ2) is 3.23. The molecule has 0 N–H and O–H groups in total. The minimum Gasteiger partial charge on any atom is -0.497 e. The molecule has 16 heavy (non-hydrogen) atoms. The van der Waals surface area contributed by atoms with Crippen molar-refractivity contribution >= 4 is 16.6 Å². The summed E-state index contributed by atoms with van der Waals surface area (Å²) in [4.78, 5) is 4.58. The summed E-state index contributed by atoms with van der Waals surface area (Å²) in [6.45, 7) is 2.03. The van der Waals surface area contributed by atoms with Crippen LogP contribution in [0.5, 0.6) is 5.75 Å². The molecular formula is C13H12N2O. The third-order valence-corrected chi connectivity index (χ3v) is 2.85. The van der Waals surface area contributed by atoms with Crippen molar-refractivity contribution in [1.29, 1.82) is 0 Å². The number of nitrogens with zero attached hydrogens (tertiary/aromatic N) is 2. The van der Waals surface area contributed by atoms with Gasteiger partial charge in [0.05, 0.1) is 29.4 Å². The highest BCUT2D eigenvalue weighted by Gasteiger charge is 2.05. The van der Waals surface area contributed by atoms with Crippen LogP contribution in [0.3, 0.4) is 0 Å². The summed E-state index contributed by atoms with van der Waals surface area (Å²) in [5.41, 5.74) is 4.25. The van der Waals surface area contributed by atoms with Crippen LogP contribution in [-0.2, 0) is 0 Å². The van der Waals surface area contributed by atoms with E-state index >= 15 is 0 Å². The lowest BCUT2D eigenvalue weighted by Crippen LogP contribution is -1.94. The van der Waals surface area contributed by atoms with Crippen LogP contribution in [0, 0.1) is 6.92 Å². The number of ether oxygens (including phenoxy) is 1. The van der Waals surface area contributed by atoms with Gasteiger partial charge in [-0.15, -0.1) is 0 Å². The molecule has 2 heterocycles. The SMILES string of the molecule is COc1ccc2nc(C)c3cccn3c2c1. The standard InChI is InChI=1S/C13H12N2O/c1-9-12-4-3-7-15(12)13-8-10(16-2)5-6-11(13)14-9/h3-8H,1-2H3. The second-order valence-electron chi connectivity index (χ2n) is 3.82. The summed E-state index contributed by atoms with van der Waals surface area (Å²) >= 11 is 0. The highest BCUT2D eigenvalue weighted by atomic mass is 16.5. The fraction of sp³-hybridized carbons (Fsp3) is 0.154. The van der Waals surface area contributed by atoms with Crippen LogP contribution in [0.25, 0.3) is 16.6 Å². The van der Waals surface area contributed by atoms with Gasteiger partial charge in [-0.25, -0.2) is 4.98 Å². The van der Waals surface area contributed by atoms with Gasteiger partial charge < -0.3 is 9.14 Å². The number of aromatic nitrogens is 2. The summed E-state index contributed by atoms with van der Waals surface area (Å²) in [7, 11) is 1.68. The van der Waals surface area contributed by atoms with E-state index in [1.807, 2.05) is 37.4 Å². The van der Waals surface area contributed by atoms with Gasteiger partial charge in [0.25, 0.3) is 0 Å². The van der Waals surface area contributed by atoms with Gasteiger partial charge in [-0.2, -0.15) is 0 Å². The maximum absolute atomic E-state index is 5.24. The summed E-state index contributed by atoms with van der Waals surface area (Å²) in [5.74, 6) is 0.855. The lowest BCUT2D eigenvalue weighted by atomic mass is 10.2. The van der Waals surface area contributed by atoms with Crippen LogP contribution in [0.2, 0.25) is 0 Å². The Hall–Kier alpha value is -2.03. The Balaban J connectivity index is 2.50. The first kappa shape index (κ1) is 9.21. The topological polar surface area (TPSA) is 26.5 Å². The molecule has 3 heteroatoms. The zero-order chi connectivity index (χ0) is 11.1. The van der Waals surface area contributed by atoms with Gasteiger partial charge in [0.2, 0.25) is 0 Å². The minimum atomic E-state index is 0.855. The maximum atomic E-state index is 5.24. The number of hydrogen-bond acceptors (Lipinski definition) is 2. The molecule has 3 rings (SSSR count). The molecule has 0 bridgehead atoms. The third-order valence-electron chi connectivity index (χ3n) is 2.85. The van der Waals surface area contributed by atoms with Crippen LogP contribution in [0.15, 0.2) is 36.5 Å². The average molecular weight is 212 g/mol. The molecule has 0 radical (unpaired) electrons. The normalized spacial score (nSPS) is 11.1. The number of methoxy groups -OCH3 is 1. The molecule has 0 aliphatic rings. The van der Waals surface area contributed by atoms with Crippen LogP contribution < -0.4 is 4.74 Å². The number of aryl methyl sites for hydroxylation is 1. The molecule has 0 spiro atoms. The van der Waals surface area contributed by atoms with Crippen molar-refractivity contribution in [3.8, 4) is 5.75 Å². The van der Waals surface area contributed by atoms with E-state index in [-0.39, 0.29) is 0 Å². The molecule has 0 fully saturated rings. The zero-order valence-corrected chi connectivity index (χ0v) is 9.27. The first-order valence-corrected chi connectivity index (χ1v) is 5.21.